The number of aliphatic hydroxyl groups is 1. The fourth-order valence-electron chi connectivity index (χ4n) is 1.86. The van der Waals surface area contributed by atoms with Gasteiger partial charge in [0, 0.05) is 23.0 Å². The third kappa shape index (κ3) is 2.33. The van der Waals surface area contributed by atoms with E-state index in [0.29, 0.717) is 22.4 Å². The Bertz CT molecular complexity index is 576. The molecule has 3 N–H and O–H groups in total. The molecule has 0 spiro atoms. The molecule has 0 saturated heterocycles. The number of nitrogen functional groups attached to an aromatic ring is 1. The van der Waals surface area contributed by atoms with Gasteiger partial charge >= 0.3 is 0 Å². The van der Waals surface area contributed by atoms with Crippen LogP contribution in [-0.4, -0.2) is 10.1 Å². The minimum absolute atomic E-state index is 0.392. The van der Waals surface area contributed by atoms with E-state index in [2.05, 4.69) is 4.98 Å². The molecule has 1 aromatic heterocycles. The average molecular weight is 246 g/mol. The second-order valence-electron chi connectivity index (χ2n) is 4.70. The van der Waals surface area contributed by atoms with Gasteiger partial charge in [-0.2, -0.15) is 4.39 Å². The zero-order valence-electron chi connectivity index (χ0n) is 10.3. The molecule has 4 heteroatoms. The van der Waals surface area contributed by atoms with Crippen LogP contribution in [0.5, 0.6) is 0 Å². The SMILES string of the molecule is CC(C)(O)c1cc(-c2cccnc2F)ccc1N. The van der Waals surface area contributed by atoms with Crippen molar-refractivity contribution in [3.8, 4) is 11.1 Å². The van der Waals surface area contributed by atoms with Gasteiger partial charge in [-0.1, -0.05) is 6.07 Å². The highest BCUT2D eigenvalue weighted by molar-refractivity contribution is 5.68. The summed E-state index contributed by atoms with van der Waals surface area (Å²) >= 11 is 0. The van der Waals surface area contributed by atoms with E-state index >= 15 is 0 Å². The number of nitrogens with zero attached hydrogens (tertiary/aromatic N) is 1. The van der Waals surface area contributed by atoms with Crippen LogP contribution in [0.1, 0.15) is 19.4 Å². The number of pyridine rings is 1. The molecule has 0 saturated carbocycles. The zero-order chi connectivity index (χ0) is 13.3. The summed E-state index contributed by atoms with van der Waals surface area (Å²) in [4.78, 5) is 3.61. The number of hydrogen-bond acceptors (Lipinski definition) is 3. The van der Waals surface area contributed by atoms with Crippen LogP contribution in [0.25, 0.3) is 11.1 Å². The van der Waals surface area contributed by atoms with Gasteiger partial charge in [0.05, 0.1) is 5.60 Å². The first-order chi connectivity index (χ1) is 8.39. The quantitative estimate of drug-likeness (QED) is 0.632. The van der Waals surface area contributed by atoms with Crippen LogP contribution in [0.2, 0.25) is 0 Å². The predicted octanol–water partition coefficient (Wildman–Crippen LogP) is 2.70. The molecule has 0 amide bonds. The van der Waals surface area contributed by atoms with Gasteiger partial charge in [0.1, 0.15) is 0 Å². The summed E-state index contributed by atoms with van der Waals surface area (Å²) in [5, 5.41) is 10.0. The number of rotatable bonds is 2. The maximum atomic E-state index is 13.6. The number of halogens is 1. The van der Waals surface area contributed by atoms with E-state index in [1.807, 2.05) is 0 Å². The molecule has 0 unspecified atom stereocenters. The molecule has 2 rings (SSSR count). The standard InChI is InChI=1S/C14H15FN2O/c1-14(2,18)11-8-9(5-6-12(11)16)10-4-3-7-17-13(10)15/h3-8,18H,16H2,1-2H3. The number of benzene rings is 1. The van der Waals surface area contributed by atoms with Crippen molar-refractivity contribution >= 4 is 5.69 Å². The molecular weight excluding hydrogens is 231 g/mol. The van der Waals surface area contributed by atoms with Crippen LogP contribution < -0.4 is 5.73 Å². The van der Waals surface area contributed by atoms with Gasteiger partial charge in [-0.25, -0.2) is 4.98 Å². The highest BCUT2D eigenvalue weighted by atomic mass is 19.1. The van der Waals surface area contributed by atoms with E-state index in [-0.39, 0.29) is 0 Å². The summed E-state index contributed by atoms with van der Waals surface area (Å²) in [5.41, 5.74) is 6.84. The van der Waals surface area contributed by atoms with Gasteiger partial charge in [0.2, 0.25) is 5.95 Å². The van der Waals surface area contributed by atoms with Gasteiger partial charge in [-0.3, -0.25) is 0 Å². The molecule has 94 valence electrons. The van der Waals surface area contributed by atoms with Crippen LogP contribution in [-0.2, 0) is 5.60 Å². The Hall–Kier alpha value is -1.94. The molecule has 0 aliphatic heterocycles. The second kappa shape index (κ2) is 4.38. The van der Waals surface area contributed by atoms with Gasteiger partial charge in [-0.15, -0.1) is 0 Å². The Kier molecular flexibility index (Phi) is 3.05. The minimum atomic E-state index is -1.07. The van der Waals surface area contributed by atoms with Crippen molar-refractivity contribution in [3.63, 3.8) is 0 Å². The minimum Gasteiger partial charge on any atom is -0.398 e. The normalized spacial score (nSPS) is 11.6. The van der Waals surface area contributed by atoms with Crippen molar-refractivity contribution in [2.24, 2.45) is 0 Å². The number of aromatic nitrogens is 1. The van der Waals surface area contributed by atoms with E-state index in [9.17, 15) is 9.50 Å². The smallest absolute Gasteiger partial charge is 0.220 e. The Balaban J connectivity index is 2.58. The van der Waals surface area contributed by atoms with Gasteiger partial charge in [0.25, 0.3) is 0 Å². The Morgan fingerprint density at radius 2 is 2.00 bits per heavy atom. The maximum Gasteiger partial charge on any atom is 0.220 e. The van der Waals surface area contributed by atoms with Gasteiger partial charge in [0.15, 0.2) is 0 Å². The van der Waals surface area contributed by atoms with E-state index in [4.69, 9.17) is 5.73 Å². The first kappa shape index (κ1) is 12.5. The van der Waals surface area contributed by atoms with E-state index in [0.717, 1.165) is 0 Å². The summed E-state index contributed by atoms with van der Waals surface area (Å²) in [6.07, 6.45) is 1.40. The summed E-state index contributed by atoms with van der Waals surface area (Å²) < 4.78 is 13.6. The predicted molar refractivity (Wildman–Crippen MR) is 69.3 cm³/mol. The average Bonchev–Trinajstić information content (AvgIpc) is 2.29. The van der Waals surface area contributed by atoms with Crippen LogP contribution in [0.4, 0.5) is 10.1 Å². The number of hydrogen-bond donors (Lipinski definition) is 2. The lowest BCUT2D eigenvalue weighted by molar-refractivity contribution is 0.0794. The van der Waals surface area contributed by atoms with Crippen molar-refractivity contribution in [1.29, 1.82) is 0 Å². The fraction of sp³-hybridized carbons (Fsp3) is 0.214. The molecule has 0 aliphatic carbocycles. The van der Waals surface area contributed by atoms with Crippen molar-refractivity contribution in [2.45, 2.75) is 19.4 Å². The monoisotopic (exact) mass is 246 g/mol. The maximum absolute atomic E-state index is 13.6. The Morgan fingerprint density at radius 1 is 1.28 bits per heavy atom. The lowest BCUT2D eigenvalue weighted by Gasteiger charge is -2.21. The van der Waals surface area contributed by atoms with E-state index < -0.39 is 11.5 Å². The van der Waals surface area contributed by atoms with Crippen LogP contribution in [0.15, 0.2) is 36.5 Å². The second-order valence-corrected chi connectivity index (χ2v) is 4.70. The lowest BCUT2D eigenvalue weighted by Crippen LogP contribution is -2.17. The molecule has 0 fully saturated rings. The van der Waals surface area contributed by atoms with Crippen molar-refractivity contribution in [3.05, 3.63) is 48.0 Å². The van der Waals surface area contributed by atoms with Crippen LogP contribution in [0.3, 0.4) is 0 Å². The van der Waals surface area contributed by atoms with Gasteiger partial charge in [-0.05, 0) is 43.7 Å². The fourth-order valence-corrected chi connectivity index (χ4v) is 1.86. The molecule has 0 atom stereocenters. The molecule has 2 aromatic rings. The largest absolute Gasteiger partial charge is 0.398 e. The first-order valence-corrected chi connectivity index (χ1v) is 5.63. The highest BCUT2D eigenvalue weighted by Crippen LogP contribution is 2.31. The lowest BCUT2D eigenvalue weighted by atomic mass is 9.93. The van der Waals surface area contributed by atoms with E-state index in [1.165, 1.54) is 6.20 Å². The Morgan fingerprint density at radius 3 is 2.61 bits per heavy atom. The molecule has 1 aromatic carbocycles. The number of anilines is 1. The molecule has 0 bridgehead atoms. The third-order valence-electron chi connectivity index (χ3n) is 2.78. The zero-order valence-corrected chi connectivity index (χ0v) is 10.3. The summed E-state index contributed by atoms with van der Waals surface area (Å²) in [6, 6.07) is 8.37. The van der Waals surface area contributed by atoms with E-state index in [1.54, 1.807) is 44.2 Å². The summed E-state index contributed by atoms with van der Waals surface area (Å²) in [5.74, 6) is -0.538. The molecule has 0 radical (unpaired) electrons. The summed E-state index contributed by atoms with van der Waals surface area (Å²) in [7, 11) is 0. The number of nitrogens with two attached hydrogens (primary N) is 1. The topological polar surface area (TPSA) is 59.1 Å². The molecule has 18 heavy (non-hydrogen) atoms. The van der Waals surface area contributed by atoms with Crippen LogP contribution >= 0.6 is 0 Å². The van der Waals surface area contributed by atoms with Crippen molar-refractivity contribution in [1.82, 2.24) is 4.98 Å². The summed E-state index contributed by atoms with van der Waals surface area (Å²) in [6.45, 7) is 3.28. The Labute approximate surface area is 105 Å². The highest BCUT2D eigenvalue weighted by Gasteiger charge is 2.20. The molecule has 0 aliphatic rings. The first-order valence-electron chi connectivity index (χ1n) is 5.63. The molecular formula is C14H15FN2O. The molecule has 3 nitrogen and oxygen atoms in total. The van der Waals surface area contributed by atoms with Crippen molar-refractivity contribution in [2.75, 3.05) is 5.73 Å². The van der Waals surface area contributed by atoms with Gasteiger partial charge < -0.3 is 10.8 Å². The van der Waals surface area contributed by atoms with Crippen LogP contribution in [0, 0.1) is 5.95 Å². The molecule has 1 heterocycles. The van der Waals surface area contributed by atoms with Crippen molar-refractivity contribution < 1.29 is 9.50 Å². The third-order valence-corrected chi connectivity index (χ3v) is 2.78.